The van der Waals surface area contributed by atoms with Gasteiger partial charge in [0.2, 0.25) is 0 Å². The smallest absolute Gasteiger partial charge is 0.0316 e. The first-order valence-corrected chi connectivity index (χ1v) is 9.02. The van der Waals surface area contributed by atoms with Crippen LogP contribution in [0.3, 0.4) is 0 Å². The fraction of sp³-hybridized carbons (Fsp3) is 0.619. The van der Waals surface area contributed by atoms with Gasteiger partial charge in [0.05, 0.1) is 0 Å². The lowest BCUT2D eigenvalue weighted by molar-refractivity contribution is 0.175. The lowest BCUT2D eigenvalue weighted by Crippen LogP contribution is -2.52. The molecule has 0 aromatic rings. The van der Waals surface area contributed by atoms with E-state index in [1.54, 1.807) is 11.1 Å². The summed E-state index contributed by atoms with van der Waals surface area (Å²) in [6.45, 7) is 9.03. The molecule has 22 heavy (non-hydrogen) atoms. The number of fused-ring (bicyclic) bond motifs is 2. The summed E-state index contributed by atoms with van der Waals surface area (Å²) < 4.78 is 0. The van der Waals surface area contributed by atoms with Gasteiger partial charge >= 0.3 is 0 Å². The molecular weight excluding hydrogens is 266 g/mol. The molecule has 0 bridgehead atoms. The minimum Gasteiger partial charge on any atom is -0.307 e. The number of hydrogen-bond acceptors (Lipinski definition) is 1. The number of hydrogen-bond donors (Lipinski definition) is 1. The third-order valence-corrected chi connectivity index (χ3v) is 5.69. The zero-order chi connectivity index (χ0) is 15.7. The van der Waals surface area contributed by atoms with Crippen LogP contribution in [0.4, 0.5) is 0 Å². The van der Waals surface area contributed by atoms with E-state index < -0.39 is 0 Å². The van der Waals surface area contributed by atoms with Crippen molar-refractivity contribution in [2.45, 2.75) is 71.9 Å². The zero-order valence-corrected chi connectivity index (χ0v) is 14.7. The first-order valence-electron chi connectivity index (χ1n) is 9.02. The standard InChI is InChI=1S/C21H31N/c1-14(2)9-10-15(3)21-19-12-11-17-7-5-6-8-18(17)20(19)13-16(4)22-21/h5,7,9-10,16,19-22H,6,8,11-13H2,1-4H3/b15-10+. The van der Waals surface area contributed by atoms with E-state index >= 15 is 0 Å². The van der Waals surface area contributed by atoms with Crippen molar-refractivity contribution < 1.29 is 0 Å². The van der Waals surface area contributed by atoms with Crippen LogP contribution in [0.25, 0.3) is 0 Å². The summed E-state index contributed by atoms with van der Waals surface area (Å²) in [6, 6.07) is 1.18. The van der Waals surface area contributed by atoms with Crippen molar-refractivity contribution in [2.24, 2.45) is 11.8 Å². The maximum absolute atomic E-state index is 3.90. The Kier molecular flexibility index (Phi) is 4.73. The predicted molar refractivity (Wildman–Crippen MR) is 95.8 cm³/mol. The minimum atomic E-state index is 0.560. The minimum absolute atomic E-state index is 0.560. The summed E-state index contributed by atoms with van der Waals surface area (Å²) in [4.78, 5) is 0. The maximum Gasteiger partial charge on any atom is 0.0316 e. The van der Waals surface area contributed by atoms with E-state index in [0.29, 0.717) is 12.1 Å². The molecule has 1 saturated heterocycles. The molecule has 0 radical (unpaired) electrons. The van der Waals surface area contributed by atoms with Crippen LogP contribution in [0, 0.1) is 11.8 Å². The third-order valence-electron chi connectivity index (χ3n) is 5.69. The van der Waals surface area contributed by atoms with Crippen molar-refractivity contribution >= 4 is 0 Å². The summed E-state index contributed by atoms with van der Waals surface area (Å²) in [7, 11) is 0. The molecule has 3 aliphatic rings. The number of nitrogens with one attached hydrogen (secondary N) is 1. The van der Waals surface area contributed by atoms with Crippen molar-refractivity contribution in [1.82, 2.24) is 5.32 Å². The van der Waals surface area contributed by atoms with Crippen LogP contribution >= 0.6 is 0 Å². The van der Waals surface area contributed by atoms with Crippen LogP contribution in [-0.2, 0) is 0 Å². The van der Waals surface area contributed by atoms with Crippen LogP contribution in [0.15, 0.2) is 46.6 Å². The SMILES string of the molecule is CC(C)=C/C=C(\C)C1NC(C)CC2C3=C(C=CCC3)CCC21. The normalized spacial score (nSPS) is 35.0. The van der Waals surface area contributed by atoms with Gasteiger partial charge in [0.1, 0.15) is 0 Å². The Bertz CT molecular complexity index is 542. The number of rotatable bonds is 2. The lowest BCUT2D eigenvalue weighted by atomic mass is 9.64. The van der Waals surface area contributed by atoms with E-state index in [4.69, 9.17) is 0 Å². The van der Waals surface area contributed by atoms with Crippen molar-refractivity contribution in [3.63, 3.8) is 0 Å². The topological polar surface area (TPSA) is 12.0 Å². The van der Waals surface area contributed by atoms with Crippen LogP contribution in [0.2, 0.25) is 0 Å². The van der Waals surface area contributed by atoms with E-state index in [2.05, 4.69) is 57.3 Å². The van der Waals surface area contributed by atoms with Gasteiger partial charge in [0.15, 0.2) is 0 Å². The van der Waals surface area contributed by atoms with Gasteiger partial charge < -0.3 is 5.32 Å². The summed E-state index contributed by atoms with van der Waals surface area (Å²) in [5.41, 5.74) is 6.36. The van der Waals surface area contributed by atoms with Crippen LogP contribution in [-0.4, -0.2) is 12.1 Å². The summed E-state index contributed by atoms with van der Waals surface area (Å²) in [5.74, 6) is 1.60. The first kappa shape index (κ1) is 15.8. The summed E-state index contributed by atoms with van der Waals surface area (Å²) in [5, 5.41) is 3.90. The molecule has 1 heterocycles. The summed E-state index contributed by atoms with van der Waals surface area (Å²) >= 11 is 0. The highest BCUT2D eigenvalue weighted by Crippen LogP contribution is 2.46. The molecule has 0 amide bonds. The molecule has 0 spiro atoms. The molecule has 3 rings (SSSR count). The molecule has 120 valence electrons. The Morgan fingerprint density at radius 3 is 2.77 bits per heavy atom. The Morgan fingerprint density at radius 2 is 2.00 bits per heavy atom. The molecule has 0 saturated carbocycles. The first-order chi connectivity index (χ1) is 10.6. The molecule has 1 N–H and O–H groups in total. The van der Waals surface area contributed by atoms with Gasteiger partial charge in [-0.1, -0.05) is 41.0 Å². The Balaban J connectivity index is 1.88. The van der Waals surface area contributed by atoms with E-state index in [1.165, 1.54) is 43.3 Å². The van der Waals surface area contributed by atoms with Crippen LogP contribution < -0.4 is 5.32 Å². The Morgan fingerprint density at radius 1 is 1.18 bits per heavy atom. The largest absolute Gasteiger partial charge is 0.307 e. The highest BCUT2D eigenvalue weighted by molar-refractivity contribution is 5.36. The van der Waals surface area contributed by atoms with E-state index in [1.807, 2.05) is 0 Å². The van der Waals surface area contributed by atoms with Crippen molar-refractivity contribution in [2.75, 3.05) is 0 Å². The molecule has 1 fully saturated rings. The highest BCUT2D eigenvalue weighted by Gasteiger charge is 2.40. The van der Waals surface area contributed by atoms with Crippen molar-refractivity contribution in [1.29, 1.82) is 0 Å². The van der Waals surface area contributed by atoms with Gasteiger partial charge in [0, 0.05) is 12.1 Å². The second-order valence-corrected chi connectivity index (χ2v) is 7.74. The van der Waals surface area contributed by atoms with Gasteiger partial charge in [0.25, 0.3) is 0 Å². The number of allylic oxidation sites excluding steroid dienone is 7. The zero-order valence-electron chi connectivity index (χ0n) is 14.7. The molecule has 1 heteroatoms. The average Bonchev–Trinajstić information content (AvgIpc) is 2.51. The Labute approximate surface area is 136 Å². The molecule has 1 aliphatic heterocycles. The van der Waals surface area contributed by atoms with Gasteiger partial charge in [-0.05, 0) is 77.2 Å². The molecular formula is C21H31N. The van der Waals surface area contributed by atoms with E-state index in [0.717, 1.165) is 11.8 Å². The summed E-state index contributed by atoms with van der Waals surface area (Å²) in [6.07, 6.45) is 15.9. The van der Waals surface area contributed by atoms with Crippen molar-refractivity contribution in [3.8, 4) is 0 Å². The molecule has 0 aromatic carbocycles. The van der Waals surface area contributed by atoms with Crippen molar-refractivity contribution in [3.05, 3.63) is 46.6 Å². The van der Waals surface area contributed by atoms with Crippen LogP contribution in [0.1, 0.15) is 59.8 Å². The fourth-order valence-corrected chi connectivity index (χ4v) is 4.65. The molecule has 4 atom stereocenters. The third kappa shape index (κ3) is 3.15. The predicted octanol–water partition coefficient (Wildman–Crippen LogP) is 5.32. The van der Waals surface area contributed by atoms with Gasteiger partial charge in [-0.15, -0.1) is 0 Å². The molecule has 2 aliphatic carbocycles. The Hall–Kier alpha value is -1.08. The molecule has 4 unspecified atom stereocenters. The fourth-order valence-electron chi connectivity index (χ4n) is 4.65. The van der Waals surface area contributed by atoms with Gasteiger partial charge in [-0.2, -0.15) is 0 Å². The van der Waals surface area contributed by atoms with Gasteiger partial charge in [-0.3, -0.25) is 0 Å². The monoisotopic (exact) mass is 297 g/mol. The van der Waals surface area contributed by atoms with Crippen LogP contribution in [0.5, 0.6) is 0 Å². The maximum atomic E-state index is 3.90. The second kappa shape index (κ2) is 6.58. The van der Waals surface area contributed by atoms with E-state index in [9.17, 15) is 0 Å². The second-order valence-electron chi connectivity index (χ2n) is 7.74. The number of piperidine rings is 1. The molecule has 0 aromatic heterocycles. The lowest BCUT2D eigenvalue weighted by Gasteiger charge is -2.47. The van der Waals surface area contributed by atoms with Gasteiger partial charge in [-0.25, -0.2) is 0 Å². The van der Waals surface area contributed by atoms with E-state index in [-0.39, 0.29) is 0 Å². The highest BCUT2D eigenvalue weighted by atomic mass is 15.0. The average molecular weight is 297 g/mol. The quantitative estimate of drug-likeness (QED) is 0.680. The molecule has 1 nitrogen and oxygen atoms in total.